The van der Waals surface area contributed by atoms with Gasteiger partial charge in [0, 0.05) is 19.2 Å². The molecule has 0 radical (unpaired) electrons. The molecule has 2 saturated heterocycles. The van der Waals surface area contributed by atoms with Gasteiger partial charge in [0.2, 0.25) is 0 Å². The lowest BCUT2D eigenvalue weighted by Crippen LogP contribution is -2.50. The molecule has 36 heavy (non-hydrogen) atoms. The summed E-state index contributed by atoms with van der Waals surface area (Å²) in [5.74, 6) is 0.868. The number of carbonyl (C=O) groups excluding carboxylic acids is 1. The van der Waals surface area contributed by atoms with Gasteiger partial charge in [-0.2, -0.15) is 0 Å². The van der Waals surface area contributed by atoms with Gasteiger partial charge in [-0.05, 0) is 52.3 Å². The van der Waals surface area contributed by atoms with E-state index in [0.29, 0.717) is 36.5 Å². The maximum absolute atomic E-state index is 14.8. The van der Waals surface area contributed by atoms with E-state index in [2.05, 4.69) is 20.2 Å². The molecule has 0 unspecified atom stereocenters. The second kappa shape index (κ2) is 9.24. The largest absolute Gasteiger partial charge is 0.492 e. The molecule has 5 rings (SSSR count). The number of pyridine rings is 1. The lowest BCUT2D eigenvalue weighted by molar-refractivity contribution is 0.0214. The van der Waals surface area contributed by atoms with Crippen LogP contribution in [0.2, 0.25) is 5.02 Å². The van der Waals surface area contributed by atoms with Crippen LogP contribution < -0.4 is 15.0 Å². The van der Waals surface area contributed by atoms with Gasteiger partial charge < -0.3 is 24.6 Å². The molecule has 2 aliphatic heterocycles. The number of hydrogen-bond acceptors (Lipinski definition) is 8. The summed E-state index contributed by atoms with van der Waals surface area (Å²) in [7, 11) is 0. The first-order valence-corrected chi connectivity index (χ1v) is 12.3. The van der Waals surface area contributed by atoms with Crippen LogP contribution in [0.5, 0.6) is 5.75 Å². The van der Waals surface area contributed by atoms with Crippen LogP contribution in [0.3, 0.4) is 0 Å². The number of benzene rings is 1. The SMILES string of the molecule is CCOc1cc(F)c(Nc2ncnc3ccc(N4C[C@@H]5C[C@H]4CN5C(=O)OC(C)(C)C)nc23)cc1Cl. The van der Waals surface area contributed by atoms with Gasteiger partial charge >= 0.3 is 6.09 Å². The van der Waals surface area contributed by atoms with E-state index in [1.165, 1.54) is 18.5 Å². The molecule has 2 bridgehead atoms. The van der Waals surface area contributed by atoms with Crippen molar-refractivity contribution in [3.63, 3.8) is 0 Å². The third-order valence-corrected chi connectivity index (χ3v) is 6.50. The molecule has 11 heteroatoms. The highest BCUT2D eigenvalue weighted by molar-refractivity contribution is 6.32. The Morgan fingerprint density at radius 3 is 2.72 bits per heavy atom. The second-order valence-corrected chi connectivity index (χ2v) is 10.3. The number of nitrogens with zero attached hydrogens (tertiary/aromatic N) is 5. The Kier molecular flexibility index (Phi) is 6.23. The first-order valence-electron chi connectivity index (χ1n) is 11.9. The predicted molar refractivity (Wildman–Crippen MR) is 136 cm³/mol. The monoisotopic (exact) mass is 514 g/mol. The van der Waals surface area contributed by atoms with Crippen LogP contribution in [0.4, 0.5) is 26.5 Å². The van der Waals surface area contributed by atoms with Gasteiger partial charge in [0.25, 0.3) is 0 Å². The third-order valence-electron chi connectivity index (χ3n) is 6.20. The predicted octanol–water partition coefficient (Wildman–Crippen LogP) is 5.16. The van der Waals surface area contributed by atoms with Crippen molar-refractivity contribution in [3.05, 3.63) is 41.4 Å². The number of carbonyl (C=O) groups is 1. The summed E-state index contributed by atoms with van der Waals surface area (Å²) in [5.41, 5.74) is 0.748. The van der Waals surface area contributed by atoms with Crippen LogP contribution in [0.25, 0.3) is 11.0 Å². The van der Waals surface area contributed by atoms with Crippen LogP contribution in [0.1, 0.15) is 34.1 Å². The molecule has 190 valence electrons. The molecule has 2 fully saturated rings. The zero-order valence-corrected chi connectivity index (χ0v) is 21.3. The summed E-state index contributed by atoms with van der Waals surface area (Å²) >= 11 is 6.26. The molecule has 1 amide bonds. The highest BCUT2D eigenvalue weighted by Gasteiger charge is 2.47. The number of ether oxygens (including phenoxy) is 2. The average Bonchev–Trinajstić information content (AvgIpc) is 3.43. The minimum atomic E-state index is -0.533. The van der Waals surface area contributed by atoms with E-state index in [-0.39, 0.29) is 34.6 Å². The maximum atomic E-state index is 14.8. The third kappa shape index (κ3) is 4.69. The molecular weight excluding hydrogens is 487 g/mol. The van der Waals surface area contributed by atoms with E-state index in [4.69, 9.17) is 26.1 Å². The first-order chi connectivity index (χ1) is 17.1. The number of piperazine rings is 1. The van der Waals surface area contributed by atoms with Gasteiger partial charge in [0.1, 0.15) is 34.8 Å². The zero-order chi connectivity index (χ0) is 25.6. The number of rotatable bonds is 5. The first kappa shape index (κ1) is 24.3. The van der Waals surface area contributed by atoms with Gasteiger partial charge in [-0.15, -0.1) is 0 Å². The van der Waals surface area contributed by atoms with Crippen molar-refractivity contribution in [2.45, 2.75) is 51.8 Å². The Balaban J connectivity index is 1.38. The van der Waals surface area contributed by atoms with E-state index in [1.807, 2.05) is 37.8 Å². The highest BCUT2D eigenvalue weighted by Crippen LogP contribution is 2.36. The van der Waals surface area contributed by atoms with E-state index < -0.39 is 11.4 Å². The minimum absolute atomic E-state index is 0.0621. The van der Waals surface area contributed by atoms with Crippen LogP contribution in [-0.2, 0) is 4.74 Å². The molecule has 0 spiro atoms. The van der Waals surface area contributed by atoms with Gasteiger partial charge in [-0.3, -0.25) is 0 Å². The van der Waals surface area contributed by atoms with Crippen molar-refractivity contribution in [2.24, 2.45) is 0 Å². The van der Waals surface area contributed by atoms with Crippen molar-refractivity contribution < 1.29 is 18.7 Å². The molecule has 0 saturated carbocycles. The number of halogens is 2. The fraction of sp³-hybridized carbons (Fsp3) is 0.440. The topological polar surface area (TPSA) is 92.7 Å². The summed E-state index contributed by atoms with van der Waals surface area (Å²) in [6, 6.07) is 6.68. The average molecular weight is 515 g/mol. The van der Waals surface area contributed by atoms with Crippen LogP contribution >= 0.6 is 11.6 Å². The zero-order valence-electron chi connectivity index (χ0n) is 20.6. The van der Waals surface area contributed by atoms with E-state index in [1.54, 1.807) is 6.92 Å². The maximum Gasteiger partial charge on any atom is 0.410 e. The smallest absolute Gasteiger partial charge is 0.410 e. The van der Waals surface area contributed by atoms with Crippen molar-refractivity contribution >= 4 is 46.1 Å². The van der Waals surface area contributed by atoms with E-state index in [9.17, 15) is 9.18 Å². The Labute approximate surface area is 213 Å². The van der Waals surface area contributed by atoms with Gasteiger partial charge in [0.05, 0.1) is 34.9 Å². The molecule has 2 atom stereocenters. The quantitative estimate of drug-likeness (QED) is 0.499. The number of hydrogen-bond donors (Lipinski definition) is 1. The Bertz CT molecular complexity index is 1320. The Hall–Kier alpha value is -3.40. The van der Waals surface area contributed by atoms with Crippen molar-refractivity contribution in [1.82, 2.24) is 19.9 Å². The molecule has 3 aromatic rings. The summed E-state index contributed by atoms with van der Waals surface area (Å²) in [5, 5.41) is 3.29. The fourth-order valence-corrected chi connectivity index (χ4v) is 4.91. The normalized spacial score (nSPS) is 19.2. The van der Waals surface area contributed by atoms with E-state index >= 15 is 0 Å². The molecule has 2 aliphatic rings. The number of nitrogens with one attached hydrogen (secondary N) is 1. The fourth-order valence-electron chi connectivity index (χ4n) is 4.69. The Morgan fingerprint density at radius 1 is 1.22 bits per heavy atom. The summed E-state index contributed by atoms with van der Waals surface area (Å²) in [4.78, 5) is 30.0. The van der Waals surface area contributed by atoms with Gasteiger partial charge in [-0.25, -0.2) is 24.1 Å². The molecule has 0 aliphatic carbocycles. The molecule has 1 aromatic carbocycles. The molecular formula is C25H28ClFN6O3. The molecule has 4 heterocycles. The number of fused-ring (bicyclic) bond motifs is 3. The number of amides is 1. The number of aromatic nitrogens is 3. The van der Waals surface area contributed by atoms with Crippen LogP contribution in [0, 0.1) is 5.82 Å². The van der Waals surface area contributed by atoms with Crippen LogP contribution in [0.15, 0.2) is 30.6 Å². The lowest BCUT2D eigenvalue weighted by atomic mass is 10.2. The molecule has 1 N–H and O–H groups in total. The molecule has 9 nitrogen and oxygen atoms in total. The standard InChI is InChI=1S/C25H28ClFN6O3/c1-5-35-20-10-17(27)19(9-16(20)26)30-23-22-18(28-13-29-23)6-7-21(31-22)32-11-15-8-14(32)12-33(15)24(34)36-25(2,3)4/h6-7,9-10,13-15H,5,8,11-12H2,1-4H3,(H,28,29,30)/t14-,15-/m0/s1. The van der Waals surface area contributed by atoms with Crippen molar-refractivity contribution in [3.8, 4) is 5.75 Å². The second-order valence-electron chi connectivity index (χ2n) is 9.91. The summed E-state index contributed by atoms with van der Waals surface area (Å²) in [6.07, 6.45) is 1.97. The number of likely N-dealkylation sites (tertiary alicyclic amines) is 1. The summed E-state index contributed by atoms with van der Waals surface area (Å²) in [6.45, 7) is 9.01. The molecule has 2 aromatic heterocycles. The number of anilines is 3. The lowest BCUT2D eigenvalue weighted by Gasteiger charge is -2.35. The minimum Gasteiger partial charge on any atom is -0.492 e. The van der Waals surface area contributed by atoms with Crippen molar-refractivity contribution in [1.29, 1.82) is 0 Å². The van der Waals surface area contributed by atoms with Crippen molar-refractivity contribution in [2.75, 3.05) is 29.9 Å². The summed E-state index contributed by atoms with van der Waals surface area (Å²) < 4.78 is 25.7. The highest BCUT2D eigenvalue weighted by atomic mass is 35.5. The van der Waals surface area contributed by atoms with Gasteiger partial charge in [0.15, 0.2) is 5.82 Å². The van der Waals surface area contributed by atoms with E-state index in [0.717, 1.165) is 12.2 Å². The Morgan fingerprint density at radius 2 is 2.03 bits per heavy atom. The van der Waals surface area contributed by atoms with Crippen LogP contribution in [-0.4, -0.2) is 63.3 Å². The van der Waals surface area contributed by atoms with Gasteiger partial charge in [-0.1, -0.05) is 11.6 Å².